The maximum absolute atomic E-state index is 12.4. The summed E-state index contributed by atoms with van der Waals surface area (Å²) in [7, 11) is 0. The Morgan fingerprint density at radius 1 is 1.18 bits per heavy atom. The van der Waals surface area contributed by atoms with Crippen molar-refractivity contribution in [2.75, 3.05) is 29.6 Å². The minimum Gasteiger partial charge on any atom is -0.383 e. The molecule has 2 amide bonds. The van der Waals surface area contributed by atoms with E-state index in [9.17, 15) is 4.79 Å². The average molecular weight is 464 g/mol. The van der Waals surface area contributed by atoms with E-state index in [2.05, 4.69) is 25.8 Å². The molecule has 0 saturated heterocycles. The first-order valence-electron chi connectivity index (χ1n) is 11.1. The van der Waals surface area contributed by atoms with E-state index in [4.69, 9.17) is 15.0 Å². The Labute approximate surface area is 197 Å². The summed E-state index contributed by atoms with van der Waals surface area (Å²) < 4.78 is 12.8. The third-order valence-corrected chi connectivity index (χ3v) is 5.31. The van der Waals surface area contributed by atoms with Crippen molar-refractivity contribution in [3.63, 3.8) is 0 Å². The Hall–Kier alpha value is -3.92. The van der Waals surface area contributed by atoms with Crippen molar-refractivity contribution in [2.24, 2.45) is 0 Å². The lowest BCUT2D eigenvalue weighted by Crippen LogP contribution is -2.19. The molecule has 0 fully saturated rings. The Balaban J connectivity index is 1.50. The van der Waals surface area contributed by atoms with Crippen LogP contribution in [-0.2, 0) is 16.7 Å². The molecule has 3 aromatic heterocycles. The van der Waals surface area contributed by atoms with Crippen molar-refractivity contribution < 1.29 is 14.1 Å². The summed E-state index contributed by atoms with van der Waals surface area (Å²) in [4.78, 5) is 21.0. The first-order valence-corrected chi connectivity index (χ1v) is 11.1. The number of nitrogen functional groups attached to an aromatic ring is 1. The van der Waals surface area contributed by atoms with Gasteiger partial charge >= 0.3 is 6.03 Å². The lowest BCUT2D eigenvalue weighted by molar-refractivity contribution is 0.140. The molecule has 0 aliphatic rings. The first-order chi connectivity index (χ1) is 16.3. The van der Waals surface area contributed by atoms with Gasteiger partial charge in [0, 0.05) is 42.1 Å². The van der Waals surface area contributed by atoms with E-state index in [1.54, 1.807) is 6.07 Å². The number of carbonyl (C=O) groups is 1. The van der Waals surface area contributed by atoms with Crippen molar-refractivity contribution in [1.29, 1.82) is 0 Å². The third-order valence-electron chi connectivity index (χ3n) is 5.31. The number of nitrogens with one attached hydrogen (secondary N) is 2. The van der Waals surface area contributed by atoms with Crippen LogP contribution in [0.1, 0.15) is 33.5 Å². The zero-order valence-corrected chi connectivity index (χ0v) is 19.8. The second-order valence-corrected chi connectivity index (χ2v) is 8.87. The highest BCUT2D eigenvalue weighted by Crippen LogP contribution is 2.33. The van der Waals surface area contributed by atoms with Crippen molar-refractivity contribution >= 4 is 34.4 Å². The van der Waals surface area contributed by atoms with Crippen LogP contribution >= 0.6 is 0 Å². The number of aromatic nitrogens is 4. The minimum atomic E-state index is -0.410. The van der Waals surface area contributed by atoms with Crippen LogP contribution in [0.15, 0.2) is 47.4 Å². The van der Waals surface area contributed by atoms with E-state index >= 15 is 0 Å². The highest BCUT2D eigenvalue weighted by Gasteiger charge is 2.20. The minimum absolute atomic E-state index is 0.195. The van der Waals surface area contributed by atoms with Gasteiger partial charge in [0.05, 0.1) is 12.0 Å². The topological polar surface area (TPSA) is 133 Å². The highest BCUT2D eigenvalue weighted by atomic mass is 16.5. The maximum Gasteiger partial charge on any atom is 0.324 e. The van der Waals surface area contributed by atoms with Crippen molar-refractivity contribution in [2.45, 2.75) is 39.7 Å². The molecule has 0 aliphatic carbocycles. The number of nitrogens with zero attached hydrogens (tertiary/aromatic N) is 4. The van der Waals surface area contributed by atoms with Gasteiger partial charge in [-0.25, -0.2) is 14.8 Å². The number of benzene rings is 1. The molecule has 10 nitrogen and oxygen atoms in total. The van der Waals surface area contributed by atoms with Gasteiger partial charge in [-0.2, -0.15) is 0 Å². The molecular formula is C24H29N7O3. The van der Waals surface area contributed by atoms with Gasteiger partial charge in [0.1, 0.15) is 23.6 Å². The average Bonchev–Trinajstić information content (AvgIpc) is 3.40. The van der Waals surface area contributed by atoms with Gasteiger partial charge < -0.3 is 24.9 Å². The molecule has 4 aromatic rings. The van der Waals surface area contributed by atoms with Crippen molar-refractivity contribution in [3.8, 4) is 11.1 Å². The van der Waals surface area contributed by atoms with Gasteiger partial charge in [-0.15, -0.1) is 0 Å². The van der Waals surface area contributed by atoms with E-state index in [-0.39, 0.29) is 5.41 Å². The van der Waals surface area contributed by atoms with Crippen LogP contribution < -0.4 is 16.4 Å². The van der Waals surface area contributed by atoms with Gasteiger partial charge in [-0.05, 0) is 24.6 Å². The number of hydrogen-bond donors (Lipinski definition) is 3. The van der Waals surface area contributed by atoms with E-state index in [0.717, 1.165) is 22.2 Å². The molecule has 178 valence electrons. The van der Waals surface area contributed by atoms with Gasteiger partial charge in [-0.1, -0.05) is 38.1 Å². The lowest BCUT2D eigenvalue weighted by atomic mass is 9.93. The summed E-state index contributed by atoms with van der Waals surface area (Å²) >= 11 is 0. The molecular weight excluding hydrogens is 434 g/mol. The van der Waals surface area contributed by atoms with Crippen LogP contribution in [0.3, 0.4) is 0 Å². The summed E-state index contributed by atoms with van der Waals surface area (Å²) in [5, 5.41) is 10.2. The Bertz CT molecular complexity index is 1290. The summed E-state index contributed by atoms with van der Waals surface area (Å²) in [6.07, 6.45) is 3.46. The SMILES string of the molecule is CCOCCn1cc(-c2ccc(NC(=O)Nc3cc(C(C)(C)C)on3)cc2)c2c(N)ncnc21. The first kappa shape index (κ1) is 23.2. The zero-order chi connectivity index (χ0) is 24.3. The summed E-state index contributed by atoms with van der Waals surface area (Å²) in [5.74, 6) is 1.46. The van der Waals surface area contributed by atoms with Crippen molar-refractivity contribution in [3.05, 3.63) is 48.6 Å². The van der Waals surface area contributed by atoms with E-state index in [1.165, 1.54) is 6.33 Å². The van der Waals surface area contributed by atoms with Gasteiger partial charge in [-0.3, -0.25) is 5.32 Å². The maximum atomic E-state index is 12.4. The number of anilines is 3. The number of hydrogen-bond acceptors (Lipinski definition) is 7. The van der Waals surface area contributed by atoms with E-state index in [0.29, 0.717) is 42.8 Å². The smallest absolute Gasteiger partial charge is 0.324 e. The number of nitrogens with two attached hydrogens (primary N) is 1. The summed E-state index contributed by atoms with van der Waals surface area (Å²) in [6, 6.07) is 8.78. The molecule has 0 unspecified atom stereocenters. The number of fused-ring (bicyclic) bond motifs is 1. The monoisotopic (exact) mass is 463 g/mol. The molecule has 0 radical (unpaired) electrons. The third kappa shape index (κ3) is 5.01. The van der Waals surface area contributed by atoms with Crippen LogP contribution in [-0.4, -0.2) is 38.9 Å². The summed E-state index contributed by atoms with van der Waals surface area (Å²) in [5.41, 5.74) is 9.22. The van der Waals surface area contributed by atoms with Gasteiger partial charge in [0.15, 0.2) is 5.82 Å². The van der Waals surface area contributed by atoms with Crippen LogP contribution in [0.4, 0.5) is 22.1 Å². The molecule has 34 heavy (non-hydrogen) atoms. The van der Waals surface area contributed by atoms with Crippen LogP contribution in [0.5, 0.6) is 0 Å². The second-order valence-electron chi connectivity index (χ2n) is 8.87. The number of rotatable bonds is 7. The number of carbonyl (C=O) groups excluding carboxylic acids is 1. The quantitative estimate of drug-likeness (QED) is 0.340. The molecule has 10 heteroatoms. The number of urea groups is 1. The molecule has 0 saturated carbocycles. The number of ether oxygens (including phenoxy) is 1. The normalized spacial score (nSPS) is 11.6. The van der Waals surface area contributed by atoms with Crippen LogP contribution in [0.2, 0.25) is 0 Å². The number of amides is 2. The second kappa shape index (κ2) is 9.52. The van der Waals surface area contributed by atoms with Gasteiger partial charge in [0.2, 0.25) is 0 Å². The summed E-state index contributed by atoms with van der Waals surface area (Å²) in [6.45, 7) is 9.87. The van der Waals surface area contributed by atoms with Gasteiger partial charge in [0.25, 0.3) is 0 Å². The fraction of sp³-hybridized carbons (Fsp3) is 0.333. The van der Waals surface area contributed by atoms with E-state index in [1.807, 2.05) is 62.7 Å². The molecule has 0 spiro atoms. The Kier molecular flexibility index (Phi) is 6.51. The predicted molar refractivity (Wildman–Crippen MR) is 132 cm³/mol. The standard InChI is InChI=1S/C24H29N7O3/c1-5-33-11-10-31-13-17(20-21(25)26-14-27-22(20)31)15-6-8-16(9-7-15)28-23(32)29-19-12-18(34-30-19)24(2,3)4/h6-9,12-14H,5,10-11H2,1-4H3,(H2,25,26,27)(H2,28,29,30,32). The molecule has 4 rings (SSSR count). The molecule has 0 bridgehead atoms. The Morgan fingerprint density at radius 3 is 2.62 bits per heavy atom. The fourth-order valence-electron chi connectivity index (χ4n) is 3.54. The molecule has 0 aliphatic heterocycles. The van der Waals surface area contributed by atoms with Crippen LogP contribution in [0.25, 0.3) is 22.2 Å². The Morgan fingerprint density at radius 2 is 1.94 bits per heavy atom. The molecule has 1 aromatic carbocycles. The molecule has 3 heterocycles. The fourth-order valence-corrected chi connectivity index (χ4v) is 3.54. The highest BCUT2D eigenvalue weighted by molar-refractivity contribution is 6.02. The van der Waals surface area contributed by atoms with Crippen molar-refractivity contribution in [1.82, 2.24) is 19.7 Å². The zero-order valence-electron chi connectivity index (χ0n) is 19.8. The molecule has 0 atom stereocenters. The van der Waals surface area contributed by atoms with Crippen LogP contribution in [0, 0.1) is 0 Å². The molecule has 4 N–H and O–H groups in total. The largest absolute Gasteiger partial charge is 0.383 e. The predicted octanol–water partition coefficient (Wildman–Crippen LogP) is 4.65. The lowest BCUT2D eigenvalue weighted by Gasteiger charge is -2.12. The van der Waals surface area contributed by atoms with E-state index < -0.39 is 6.03 Å².